The van der Waals surface area contributed by atoms with E-state index in [4.69, 9.17) is 16.3 Å². The molecule has 0 atom stereocenters. The molecule has 0 spiro atoms. The van der Waals surface area contributed by atoms with Gasteiger partial charge in [-0.05, 0) is 48.9 Å². The van der Waals surface area contributed by atoms with Crippen molar-refractivity contribution < 1.29 is 13.2 Å². The predicted octanol–water partition coefficient (Wildman–Crippen LogP) is 4.50. The van der Waals surface area contributed by atoms with E-state index in [2.05, 4.69) is 26.0 Å². The van der Waals surface area contributed by atoms with Gasteiger partial charge in [-0.3, -0.25) is 4.72 Å². The third kappa shape index (κ3) is 4.21. The number of aromatic nitrogens is 1. The first-order valence-corrected chi connectivity index (χ1v) is 12.9. The zero-order chi connectivity index (χ0) is 22.1. The van der Waals surface area contributed by atoms with Crippen LogP contribution < -0.4 is 19.7 Å². The van der Waals surface area contributed by atoms with Crippen molar-refractivity contribution in [2.45, 2.75) is 11.3 Å². The van der Waals surface area contributed by atoms with Crippen LogP contribution in [-0.4, -0.2) is 39.6 Å². The highest BCUT2D eigenvalue weighted by atomic mass is 35.5. The number of benzene rings is 2. The molecule has 2 aliphatic rings. The molecule has 32 heavy (non-hydrogen) atoms. The lowest BCUT2D eigenvalue weighted by molar-refractivity contribution is 0.313. The Bertz CT molecular complexity index is 1280. The van der Waals surface area contributed by atoms with E-state index in [-0.39, 0.29) is 4.90 Å². The molecule has 0 saturated heterocycles. The lowest BCUT2D eigenvalue weighted by Crippen LogP contribution is -2.30. The minimum Gasteiger partial charge on any atom is -0.489 e. The van der Waals surface area contributed by atoms with Gasteiger partial charge in [-0.1, -0.05) is 17.7 Å². The van der Waals surface area contributed by atoms with E-state index in [1.54, 1.807) is 29.8 Å². The number of hydrogen-bond donors (Lipinski definition) is 2. The summed E-state index contributed by atoms with van der Waals surface area (Å²) < 4.78 is 33.9. The van der Waals surface area contributed by atoms with E-state index in [0.29, 0.717) is 29.1 Å². The summed E-state index contributed by atoms with van der Waals surface area (Å²) in [5.74, 6) is 0.526. The van der Waals surface area contributed by atoms with Crippen LogP contribution in [0.15, 0.2) is 58.9 Å². The smallest absolute Gasteiger partial charge is 0.263 e. The Labute approximate surface area is 195 Å². The van der Waals surface area contributed by atoms with Crippen LogP contribution in [0.3, 0.4) is 0 Å². The van der Waals surface area contributed by atoms with Gasteiger partial charge in [0.15, 0.2) is 5.13 Å². The van der Waals surface area contributed by atoms with Crippen molar-refractivity contribution >= 4 is 55.0 Å². The van der Waals surface area contributed by atoms with Crippen molar-refractivity contribution in [1.82, 2.24) is 10.3 Å². The number of sulfonamides is 1. The lowest BCUT2D eigenvalue weighted by Gasteiger charge is -2.33. The van der Waals surface area contributed by atoms with Crippen LogP contribution in [-0.2, 0) is 10.0 Å². The first-order chi connectivity index (χ1) is 15.5. The first-order valence-electron chi connectivity index (χ1n) is 10.2. The largest absolute Gasteiger partial charge is 0.489 e. The van der Waals surface area contributed by atoms with Crippen molar-refractivity contribution in [1.29, 1.82) is 0 Å². The van der Waals surface area contributed by atoms with Crippen molar-refractivity contribution in [3.63, 3.8) is 0 Å². The minimum absolute atomic E-state index is 0.130. The van der Waals surface area contributed by atoms with Gasteiger partial charge in [-0.25, -0.2) is 13.4 Å². The second kappa shape index (κ2) is 8.74. The fourth-order valence-corrected chi connectivity index (χ4v) is 5.91. The Kier molecular flexibility index (Phi) is 5.81. The van der Waals surface area contributed by atoms with E-state index in [0.717, 1.165) is 36.4 Å². The summed E-state index contributed by atoms with van der Waals surface area (Å²) in [6.45, 7) is 2.84. The summed E-state index contributed by atoms with van der Waals surface area (Å²) in [5, 5.41) is 6.07. The van der Waals surface area contributed by atoms with Crippen LogP contribution in [0, 0.1) is 0 Å². The number of hydrogen-bond acceptors (Lipinski definition) is 7. The van der Waals surface area contributed by atoms with Crippen molar-refractivity contribution in [3.05, 3.63) is 64.6 Å². The Morgan fingerprint density at radius 2 is 2.06 bits per heavy atom. The molecule has 0 amide bonds. The molecule has 1 aromatic heterocycles. The molecule has 0 radical (unpaired) electrons. The highest BCUT2D eigenvalue weighted by molar-refractivity contribution is 7.93. The average molecular weight is 489 g/mol. The second-order valence-corrected chi connectivity index (χ2v) is 10.4. The maximum Gasteiger partial charge on any atom is 0.263 e. The van der Waals surface area contributed by atoms with Gasteiger partial charge in [-0.2, -0.15) is 0 Å². The molecule has 5 rings (SSSR count). The number of nitrogens with one attached hydrogen (secondary N) is 2. The zero-order valence-corrected chi connectivity index (χ0v) is 19.4. The SMILES string of the molecule is O=S(=O)(Nc1nccs1)c1ccc2c(c1)OCCN2c1ccc(Cl)cc1C1=CCNCC1. The lowest BCUT2D eigenvalue weighted by atomic mass is 9.97. The Balaban J connectivity index is 1.52. The summed E-state index contributed by atoms with van der Waals surface area (Å²) in [4.78, 5) is 6.29. The molecule has 166 valence electrons. The van der Waals surface area contributed by atoms with Gasteiger partial charge in [0.05, 0.1) is 17.1 Å². The third-order valence-corrected chi connectivity index (χ3v) is 7.81. The molecule has 0 aliphatic carbocycles. The van der Waals surface area contributed by atoms with E-state index in [1.165, 1.54) is 16.9 Å². The highest BCUT2D eigenvalue weighted by Gasteiger charge is 2.26. The molecule has 0 saturated carbocycles. The van der Waals surface area contributed by atoms with Crippen LogP contribution in [0.2, 0.25) is 5.02 Å². The van der Waals surface area contributed by atoms with Crippen molar-refractivity contribution in [3.8, 4) is 5.75 Å². The van der Waals surface area contributed by atoms with Gasteiger partial charge in [0, 0.05) is 40.5 Å². The maximum absolute atomic E-state index is 12.8. The molecule has 2 aromatic carbocycles. The fourth-order valence-electron chi connectivity index (χ4n) is 3.93. The van der Waals surface area contributed by atoms with E-state index in [1.807, 2.05) is 18.2 Å². The Morgan fingerprint density at radius 1 is 1.19 bits per heavy atom. The van der Waals surface area contributed by atoms with Crippen LogP contribution in [0.1, 0.15) is 12.0 Å². The zero-order valence-electron chi connectivity index (χ0n) is 17.0. The molecule has 3 aromatic rings. The van der Waals surface area contributed by atoms with Gasteiger partial charge in [0.25, 0.3) is 10.0 Å². The number of nitrogens with zero attached hydrogens (tertiary/aromatic N) is 2. The van der Waals surface area contributed by atoms with Crippen molar-refractivity contribution in [2.75, 3.05) is 35.9 Å². The quantitative estimate of drug-likeness (QED) is 0.550. The third-order valence-electron chi connectivity index (χ3n) is 5.42. The first kappa shape index (κ1) is 21.3. The summed E-state index contributed by atoms with van der Waals surface area (Å²) in [7, 11) is -3.76. The standard InChI is InChI=1S/C22H21ClN4O3S2/c23-16-1-3-19(18(13-16)15-5-7-24-8-6-15)27-10-11-30-21-14-17(2-4-20(21)27)32(28,29)26-22-25-9-12-31-22/h1-5,9,12-14,24H,6-8,10-11H2,(H,25,26). The van der Waals surface area contributed by atoms with Crippen LogP contribution >= 0.6 is 22.9 Å². The van der Waals surface area contributed by atoms with Crippen LogP contribution in [0.4, 0.5) is 16.5 Å². The predicted molar refractivity (Wildman–Crippen MR) is 129 cm³/mol. The topological polar surface area (TPSA) is 83.6 Å². The monoisotopic (exact) mass is 488 g/mol. The summed E-state index contributed by atoms with van der Waals surface area (Å²) in [5.41, 5.74) is 4.20. The van der Waals surface area contributed by atoms with Crippen LogP contribution in [0.5, 0.6) is 5.75 Å². The van der Waals surface area contributed by atoms with E-state index in [9.17, 15) is 8.42 Å². The van der Waals surface area contributed by atoms with E-state index < -0.39 is 10.0 Å². The van der Waals surface area contributed by atoms with Crippen LogP contribution in [0.25, 0.3) is 5.57 Å². The highest BCUT2D eigenvalue weighted by Crippen LogP contribution is 2.42. The summed E-state index contributed by atoms with van der Waals surface area (Å²) in [6, 6.07) is 10.9. The van der Waals surface area contributed by atoms with Gasteiger partial charge < -0.3 is 15.0 Å². The fraction of sp³-hybridized carbons (Fsp3) is 0.227. The molecule has 7 nitrogen and oxygen atoms in total. The number of halogens is 1. The number of fused-ring (bicyclic) bond motifs is 1. The van der Waals surface area contributed by atoms with Gasteiger partial charge >= 0.3 is 0 Å². The molecule has 2 aliphatic heterocycles. The van der Waals surface area contributed by atoms with Gasteiger partial charge in [0.2, 0.25) is 0 Å². The normalized spacial score (nSPS) is 16.2. The van der Waals surface area contributed by atoms with E-state index >= 15 is 0 Å². The molecular formula is C22H21ClN4O3S2. The molecule has 0 unspecified atom stereocenters. The molecule has 0 bridgehead atoms. The number of thiazole rings is 1. The van der Waals surface area contributed by atoms with Gasteiger partial charge in [-0.15, -0.1) is 11.3 Å². The average Bonchev–Trinajstić information content (AvgIpc) is 3.31. The minimum atomic E-state index is -3.76. The Morgan fingerprint density at radius 3 is 2.84 bits per heavy atom. The van der Waals surface area contributed by atoms with Gasteiger partial charge in [0.1, 0.15) is 12.4 Å². The molecule has 3 heterocycles. The number of ether oxygens (including phenoxy) is 1. The summed E-state index contributed by atoms with van der Waals surface area (Å²) >= 11 is 7.57. The molecule has 0 fully saturated rings. The Hall–Kier alpha value is -2.59. The molecule has 2 N–H and O–H groups in total. The molecular weight excluding hydrogens is 468 g/mol. The molecule has 10 heteroatoms. The number of rotatable bonds is 5. The number of anilines is 3. The maximum atomic E-state index is 12.8. The second-order valence-electron chi connectivity index (χ2n) is 7.42. The summed E-state index contributed by atoms with van der Waals surface area (Å²) in [6.07, 6.45) is 4.67. The van der Waals surface area contributed by atoms with Crippen molar-refractivity contribution in [2.24, 2.45) is 0 Å².